The highest BCUT2D eigenvalue weighted by molar-refractivity contribution is 6.09. The molecule has 3 nitrogen and oxygen atoms in total. The maximum Gasteiger partial charge on any atom is 0.230 e. The molecule has 92 valence electrons. The van der Waals surface area contributed by atoms with Gasteiger partial charge in [-0.1, -0.05) is 24.3 Å². The second-order valence-corrected chi connectivity index (χ2v) is 4.83. The first-order valence-corrected chi connectivity index (χ1v) is 6.28. The van der Waals surface area contributed by atoms with E-state index in [9.17, 15) is 0 Å². The molecule has 0 spiro atoms. The van der Waals surface area contributed by atoms with E-state index >= 15 is 0 Å². The minimum atomic E-state index is 0.676. The van der Waals surface area contributed by atoms with Crippen molar-refractivity contribution in [3.8, 4) is 0 Å². The largest absolute Gasteiger partial charge is 0.438 e. The number of hydrogen-bond donors (Lipinski definition) is 0. The summed E-state index contributed by atoms with van der Waals surface area (Å²) in [6.07, 6.45) is 0. The molecule has 0 fully saturated rings. The first-order valence-electron chi connectivity index (χ1n) is 6.28. The Labute approximate surface area is 109 Å². The quantitative estimate of drug-likeness (QED) is 0.469. The molecule has 2 aromatic carbocycles. The Balaban J connectivity index is 2.26. The molecule has 0 saturated carbocycles. The molecule has 3 heteroatoms. The summed E-state index contributed by atoms with van der Waals surface area (Å²) in [5.74, 6) is 0.744. The Morgan fingerprint density at radius 2 is 1.68 bits per heavy atom. The average Bonchev–Trinajstić information content (AvgIpc) is 2.72. The minimum Gasteiger partial charge on any atom is -0.438 e. The van der Waals surface area contributed by atoms with E-state index < -0.39 is 0 Å². The van der Waals surface area contributed by atoms with Crippen LogP contribution in [0.5, 0.6) is 0 Å². The summed E-state index contributed by atoms with van der Waals surface area (Å²) in [6.45, 7) is 3.89. The predicted octanol–water partition coefficient (Wildman–Crippen LogP) is 4.15. The van der Waals surface area contributed by atoms with Gasteiger partial charge in [-0.05, 0) is 36.8 Å². The number of rotatable bonds is 0. The van der Waals surface area contributed by atoms with Crippen LogP contribution in [0.2, 0.25) is 0 Å². The second kappa shape index (κ2) is 3.54. The third kappa shape index (κ3) is 1.45. The lowest BCUT2D eigenvalue weighted by Gasteiger charge is -1.98. The summed E-state index contributed by atoms with van der Waals surface area (Å²) < 4.78 is 5.87. The van der Waals surface area contributed by atoms with E-state index in [0.29, 0.717) is 5.71 Å². The number of nitrogens with zero attached hydrogens (tertiary/aromatic N) is 2. The molecule has 0 aliphatic rings. The van der Waals surface area contributed by atoms with Crippen LogP contribution in [0.15, 0.2) is 40.8 Å². The molecule has 2 aromatic heterocycles. The number of aromatic nitrogens is 2. The third-order valence-electron chi connectivity index (χ3n) is 3.49. The molecule has 0 amide bonds. The van der Waals surface area contributed by atoms with Crippen molar-refractivity contribution in [2.45, 2.75) is 13.8 Å². The fraction of sp³-hybridized carbons (Fsp3) is 0.125. The highest BCUT2D eigenvalue weighted by atomic mass is 16.3. The van der Waals surface area contributed by atoms with Gasteiger partial charge in [0, 0.05) is 5.39 Å². The van der Waals surface area contributed by atoms with Gasteiger partial charge in [0.05, 0.1) is 11.1 Å². The molecule has 0 atom stereocenters. The molecule has 0 bridgehead atoms. The van der Waals surface area contributed by atoms with Crippen molar-refractivity contribution in [1.82, 2.24) is 9.97 Å². The monoisotopic (exact) mass is 248 g/mol. The zero-order valence-corrected chi connectivity index (χ0v) is 10.8. The van der Waals surface area contributed by atoms with Crippen LogP contribution in [0, 0.1) is 13.8 Å². The summed E-state index contributed by atoms with van der Waals surface area (Å²) >= 11 is 0. The smallest absolute Gasteiger partial charge is 0.230 e. The van der Waals surface area contributed by atoms with E-state index in [1.165, 1.54) is 10.8 Å². The van der Waals surface area contributed by atoms with Crippen molar-refractivity contribution in [2.75, 3.05) is 0 Å². The number of furan rings is 1. The minimum absolute atomic E-state index is 0.676. The zero-order valence-electron chi connectivity index (χ0n) is 10.8. The summed E-state index contributed by atoms with van der Waals surface area (Å²) in [6, 6.07) is 12.5. The van der Waals surface area contributed by atoms with E-state index in [1.807, 2.05) is 26.0 Å². The predicted molar refractivity (Wildman–Crippen MR) is 76.3 cm³/mol. The molecule has 0 saturated heterocycles. The summed E-state index contributed by atoms with van der Waals surface area (Å²) in [7, 11) is 0. The van der Waals surface area contributed by atoms with Crippen LogP contribution < -0.4 is 0 Å². The topological polar surface area (TPSA) is 38.9 Å². The van der Waals surface area contributed by atoms with Gasteiger partial charge >= 0.3 is 0 Å². The maximum atomic E-state index is 5.87. The normalized spacial score (nSPS) is 11.7. The van der Waals surface area contributed by atoms with Gasteiger partial charge in [-0.2, -0.15) is 4.98 Å². The van der Waals surface area contributed by atoms with Gasteiger partial charge in [-0.3, -0.25) is 0 Å². The van der Waals surface area contributed by atoms with Gasteiger partial charge in [0.1, 0.15) is 11.4 Å². The van der Waals surface area contributed by atoms with Crippen LogP contribution >= 0.6 is 0 Å². The number of fused-ring (bicyclic) bond motifs is 4. The summed E-state index contributed by atoms with van der Waals surface area (Å²) in [5, 5.41) is 4.49. The highest BCUT2D eigenvalue weighted by Gasteiger charge is 2.12. The molecule has 4 rings (SSSR count). The highest BCUT2D eigenvalue weighted by Crippen LogP contribution is 2.32. The first-order chi connectivity index (χ1) is 9.22. The van der Waals surface area contributed by atoms with Crippen molar-refractivity contribution in [2.24, 2.45) is 0 Å². The van der Waals surface area contributed by atoms with Gasteiger partial charge in [-0.25, -0.2) is 4.98 Å². The Kier molecular flexibility index (Phi) is 1.96. The van der Waals surface area contributed by atoms with E-state index in [0.717, 1.165) is 27.9 Å². The van der Waals surface area contributed by atoms with Crippen molar-refractivity contribution in [3.63, 3.8) is 0 Å². The van der Waals surface area contributed by atoms with Gasteiger partial charge in [0.15, 0.2) is 0 Å². The number of aryl methyl sites for hydroxylation is 2. The molecule has 4 aromatic rings. The zero-order chi connectivity index (χ0) is 13.0. The van der Waals surface area contributed by atoms with Gasteiger partial charge in [-0.15, -0.1) is 0 Å². The van der Waals surface area contributed by atoms with Crippen LogP contribution in [0.4, 0.5) is 0 Å². The molecule has 0 aliphatic heterocycles. The van der Waals surface area contributed by atoms with E-state index in [4.69, 9.17) is 4.42 Å². The lowest BCUT2D eigenvalue weighted by atomic mass is 10.1. The van der Waals surface area contributed by atoms with Gasteiger partial charge < -0.3 is 4.42 Å². The standard InChI is InChI=1S/C16H12N2O/c1-9-15-13-7-11-5-3-4-6-12(11)8-14(13)19-16(15)18-10(2)17-9/h3-8H,1-2H3. The number of benzene rings is 2. The molecule has 19 heavy (non-hydrogen) atoms. The van der Waals surface area contributed by atoms with Gasteiger partial charge in [0.2, 0.25) is 5.71 Å². The molecule has 0 N–H and O–H groups in total. The molecule has 0 unspecified atom stereocenters. The lowest BCUT2D eigenvalue weighted by molar-refractivity contribution is 0.650. The van der Waals surface area contributed by atoms with E-state index in [-0.39, 0.29) is 0 Å². The van der Waals surface area contributed by atoms with Gasteiger partial charge in [0.25, 0.3) is 0 Å². The van der Waals surface area contributed by atoms with Crippen molar-refractivity contribution in [1.29, 1.82) is 0 Å². The summed E-state index contributed by atoms with van der Waals surface area (Å²) in [4.78, 5) is 8.82. The molecular weight excluding hydrogens is 236 g/mol. The average molecular weight is 248 g/mol. The molecule has 0 radical (unpaired) electrons. The van der Waals surface area contributed by atoms with Crippen molar-refractivity contribution < 1.29 is 4.42 Å². The molecule has 0 aliphatic carbocycles. The third-order valence-corrected chi connectivity index (χ3v) is 3.49. The fourth-order valence-corrected chi connectivity index (χ4v) is 2.67. The van der Waals surface area contributed by atoms with Crippen molar-refractivity contribution in [3.05, 3.63) is 47.9 Å². The van der Waals surface area contributed by atoms with Crippen molar-refractivity contribution >= 4 is 32.8 Å². The first kappa shape index (κ1) is 10.5. The SMILES string of the molecule is Cc1nc(C)c2c(n1)oc1cc3ccccc3cc12. The van der Waals surface area contributed by atoms with E-state index in [2.05, 4.69) is 34.2 Å². The van der Waals surface area contributed by atoms with Crippen LogP contribution in [0.25, 0.3) is 32.8 Å². The summed E-state index contributed by atoms with van der Waals surface area (Å²) in [5.41, 5.74) is 2.52. The van der Waals surface area contributed by atoms with Crippen LogP contribution in [-0.4, -0.2) is 9.97 Å². The van der Waals surface area contributed by atoms with Crippen LogP contribution in [0.3, 0.4) is 0 Å². The maximum absolute atomic E-state index is 5.87. The Morgan fingerprint density at radius 1 is 0.947 bits per heavy atom. The number of hydrogen-bond acceptors (Lipinski definition) is 3. The molecule has 2 heterocycles. The second-order valence-electron chi connectivity index (χ2n) is 4.83. The lowest BCUT2D eigenvalue weighted by Crippen LogP contribution is -1.90. The van der Waals surface area contributed by atoms with E-state index in [1.54, 1.807) is 0 Å². The fourth-order valence-electron chi connectivity index (χ4n) is 2.67. The molecular formula is C16H12N2O. The van der Waals surface area contributed by atoms with Crippen LogP contribution in [-0.2, 0) is 0 Å². The Hall–Kier alpha value is -2.42. The van der Waals surface area contributed by atoms with Crippen LogP contribution in [0.1, 0.15) is 11.5 Å². The Morgan fingerprint density at radius 3 is 2.47 bits per heavy atom. The Bertz CT molecular complexity index is 938.